The highest BCUT2D eigenvalue weighted by Gasteiger charge is 1.93. The lowest BCUT2D eigenvalue weighted by molar-refractivity contribution is 1.25. The summed E-state index contributed by atoms with van der Waals surface area (Å²) in [5.74, 6) is 1.01. The molecule has 0 aliphatic heterocycles. The Labute approximate surface area is 60.3 Å². The molecule has 0 amide bonds. The second kappa shape index (κ2) is 5.52. The molecule has 0 rings (SSSR count). The van der Waals surface area contributed by atoms with Crippen LogP contribution in [0, 0.1) is 0 Å². The number of rotatable bonds is 3. The van der Waals surface area contributed by atoms with Crippen LogP contribution in [0.1, 0.15) is 6.92 Å². The van der Waals surface area contributed by atoms with Crippen molar-refractivity contribution in [3.8, 4) is 0 Å². The molecule has 1 atom stereocenters. The molecule has 0 spiro atoms. The molecule has 48 valence electrons. The summed E-state index contributed by atoms with van der Waals surface area (Å²) in [6.45, 7) is 1.98. The van der Waals surface area contributed by atoms with Crippen molar-refractivity contribution in [3.05, 3.63) is 12.2 Å². The number of thioether (sulfide) groups is 1. The van der Waals surface area contributed by atoms with E-state index in [0.29, 0.717) is 0 Å². The molecule has 0 aliphatic carbocycles. The topological polar surface area (TPSA) is 0 Å². The first-order valence-electron chi connectivity index (χ1n) is 2.57. The quantitative estimate of drug-likeness (QED) is 0.440. The fourth-order valence-corrected chi connectivity index (χ4v) is 1.38. The summed E-state index contributed by atoms with van der Waals surface area (Å²) >= 11 is 7.54. The zero-order chi connectivity index (χ0) is 6.41. The van der Waals surface area contributed by atoms with E-state index in [1.807, 2.05) is 19.1 Å². The minimum absolute atomic E-state index is 0.218. The second-order valence-corrected chi connectivity index (χ2v) is 2.97. The zero-order valence-corrected chi connectivity index (χ0v) is 6.80. The Balaban J connectivity index is 3.17. The molecule has 0 saturated heterocycles. The standard InChI is InChI=1S/C6H11ClS/c1-3-4-6(7)5-8-2/h3-4,6H,5H2,1-2H3. The van der Waals surface area contributed by atoms with Gasteiger partial charge in [0, 0.05) is 5.75 Å². The molecule has 0 saturated carbocycles. The first-order chi connectivity index (χ1) is 3.81. The van der Waals surface area contributed by atoms with E-state index < -0.39 is 0 Å². The Morgan fingerprint density at radius 1 is 1.75 bits per heavy atom. The molecule has 0 aromatic heterocycles. The van der Waals surface area contributed by atoms with Gasteiger partial charge in [-0.05, 0) is 13.2 Å². The smallest absolute Gasteiger partial charge is 0.0606 e. The molecule has 0 heterocycles. The summed E-state index contributed by atoms with van der Waals surface area (Å²) in [6, 6.07) is 0. The Hall–Kier alpha value is 0.380. The fraction of sp³-hybridized carbons (Fsp3) is 0.667. The third-order valence-electron chi connectivity index (χ3n) is 0.727. The van der Waals surface area contributed by atoms with Crippen LogP contribution in [0.5, 0.6) is 0 Å². The highest BCUT2D eigenvalue weighted by molar-refractivity contribution is 7.98. The van der Waals surface area contributed by atoms with Crippen molar-refractivity contribution >= 4 is 23.4 Å². The number of hydrogen-bond donors (Lipinski definition) is 0. The van der Waals surface area contributed by atoms with Gasteiger partial charge in [-0.3, -0.25) is 0 Å². The van der Waals surface area contributed by atoms with Crippen LogP contribution in [0.3, 0.4) is 0 Å². The van der Waals surface area contributed by atoms with Gasteiger partial charge in [-0.1, -0.05) is 12.2 Å². The van der Waals surface area contributed by atoms with Crippen molar-refractivity contribution in [1.29, 1.82) is 0 Å². The maximum Gasteiger partial charge on any atom is 0.0606 e. The summed E-state index contributed by atoms with van der Waals surface area (Å²) in [4.78, 5) is 0. The molecule has 0 aromatic rings. The van der Waals surface area contributed by atoms with Gasteiger partial charge in [-0.15, -0.1) is 11.6 Å². The normalized spacial score (nSPS) is 14.9. The van der Waals surface area contributed by atoms with Crippen molar-refractivity contribution in [3.63, 3.8) is 0 Å². The van der Waals surface area contributed by atoms with Gasteiger partial charge < -0.3 is 0 Å². The maximum atomic E-state index is 5.77. The molecule has 0 N–H and O–H groups in total. The zero-order valence-electron chi connectivity index (χ0n) is 5.23. The molecular formula is C6H11ClS. The Morgan fingerprint density at radius 2 is 2.38 bits per heavy atom. The predicted molar refractivity (Wildman–Crippen MR) is 42.8 cm³/mol. The van der Waals surface area contributed by atoms with Crippen LogP contribution in [0.2, 0.25) is 0 Å². The van der Waals surface area contributed by atoms with E-state index >= 15 is 0 Å². The summed E-state index contributed by atoms with van der Waals surface area (Å²) in [7, 11) is 0. The number of alkyl halides is 1. The van der Waals surface area contributed by atoms with Crippen LogP contribution in [0.25, 0.3) is 0 Å². The van der Waals surface area contributed by atoms with E-state index in [-0.39, 0.29) is 5.38 Å². The summed E-state index contributed by atoms with van der Waals surface area (Å²) < 4.78 is 0. The highest BCUT2D eigenvalue weighted by atomic mass is 35.5. The van der Waals surface area contributed by atoms with Crippen molar-refractivity contribution in [1.82, 2.24) is 0 Å². The summed E-state index contributed by atoms with van der Waals surface area (Å²) in [6.07, 6.45) is 6.03. The van der Waals surface area contributed by atoms with Crippen LogP contribution in [-0.4, -0.2) is 17.4 Å². The number of allylic oxidation sites excluding steroid dienone is 2. The van der Waals surface area contributed by atoms with Crippen LogP contribution < -0.4 is 0 Å². The Morgan fingerprint density at radius 3 is 2.75 bits per heavy atom. The average Bonchev–Trinajstić information content (AvgIpc) is 1.68. The van der Waals surface area contributed by atoms with E-state index in [0.717, 1.165) is 5.75 Å². The minimum Gasteiger partial charge on any atom is -0.164 e. The lowest BCUT2D eigenvalue weighted by atomic mass is 10.4. The van der Waals surface area contributed by atoms with Crippen LogP contribution in [-0.2, 0) is 0 Å². The molecule has 0 fully saturated rings. The van der Waals surface area contributed by atoms with Gasteiger partial charge in [0.15, 0.2) is 0 Å². The monoisotopic (exact) mass is 150 g/mol. The van der Waals surface area contributed by atoms with Crippen LogP contribution in [0.15, 0.2) is 12.2 Å². The summed E-state index contributed by atoms with van der Waals surface area (Å²) in [5.41, 5.74) is 0. The summed E-state index contributed by atoms with van der Waals surface area (Å²) in [5, 5.41) is 0.218. The highest BCUT2D eigenvalue weighted by Crippen LogP contribution is 2.04. The maximum absolute atomic E-state index is 5.77. The van der Waals surface area contributed by atoms with E-state index in [4.69, 9.17) is 11.6 Å². The van der Waals surface area contributed by atoms with Gasteiger partial charge in [0.1, 0.15) is 0 Å². The van der Waals surface area contributed by atoms with Gasteiger partial charge in [0.25, 0.3) is 0 Å². The largest absolute Gasteiger partial charge is 0.164 e. The van der Waals surface area contributed by atoms with Gasteiger partial charge in [-0.25, -0.2) is 0 Å². The number of halogens is 1. The molecule has 0 nitrogen and oxygen atoms in total. The lowest BCUT2D eigenvalue weighted by Gasteiger charge is -1.97. The fourth-order valence-electron chi connectivity index (χ4n) is 0.424. The molecule has 0 aliphatic rings. The molecule has 1 unspecified atom stereocenters. The van der Waals surface area contributed by atoms with E-state index in [1.54, 1.807) is 11.8 Å². The number of hydrogen-bond acceptors (Lipinski definition) is 1. The van der Waals surface area contributed by atoms with Gasteiger partial charge in [0.05, 0.1) is 5.38 Å². The third kappa shape index (κ3) is 4.54. The van der Waals surface area contributed by atoms with Crippen molar-refractivity contribution < 1.29 is 0 Å². The SMILES string of the molecule is CC=CC(Cl)CSC. The molecule has 0 aromatic carbocycles. The first kappa shape index (κ1) is 8.38. The molecule has 2 heteroatoms. The van der Waals surface area contributed by atoms with Gasteiger partial charge in [-0.2, -0.15) is 11.8 Å². The Bertz CT molecular complexity index is 70.9. The second-order valence-electron chi connectivity index (χ2n) is 1.50. The lowest BCUT2D eigenvalue weighted by Crippen LogP contribution is -1.94. The first-order valence-corrected chi connectivity index (χ1v) is 4.40. The van der Waals surface area contributed by atoms with Gasteiger partial charge in [0.2, 0.25) is 0 Å². The van der Waals surface area contributed by atoms with Crippen LogP contribution >= 0.6 is 23.4 Å². The van der Waals surface area contributed by atoms with Gasteiger partial charge >= 0.3 is 0 Å². The molecule has 0 radical (unpaired) electrons. The predicted octanol–water partition coefficient (Wildman–Crippen LogP) is 2.53. The van der Waals surface area contributed by atoms with Crippen molar-refractivity contribution in [2.45, 2.75) is 12.3 Å². The minimum atomic E-state index is 0.218. The van der Waals surface area contributed by atoms with E-state index in [1.165, 1.54) is 0 Å². The Kier molecular flexibility index (Phi) is 5.78. The third-order valence-corrected chi connectivity index (χ3v) is 1.90. The molecule has 0 bridgehead atoms. The van der Waals surface area contributed by atoms with Crippen LogP contribution in [0.4, 0.5) is 0 Å². The molecular weight excluding hydrogens is 140 g/mol. The molecule has 8 heavy (non-hydrogen) atoms. The van der Waals surface area contributed by atoms with E-state index in [9.17, 15) is 0 Å². The average molecular weight is 151 g/mol. The van der Waals surface area contributed by atoms with Crippen molar-refractivity contribution in [2.75, 3.05) is 12.0 Å². The van der Waals surface area contributed by atoms with E-state index in [2.05, 4.69) is 6.26 Å². The van der Waals surface area contributed by atoms with Crippen molar-refractivity contribution in [2.24, 2.45) is 0 Å².